The second-order valence-corrected chi connectivity index (χ2v) is 6.66. The Hall–Kier alpha value is -0.0600. The number of piperidine rings is 1. The number of nitrogens with zero attached hydrogens (tertiary/aromatic N) is 1. The van der Waals surface area contributed by atoms with E-state index >= 15 is 0 Å². The van der Waals surface area contributed by atoms with E-state index in [9.17, 15) is 0 Å². The van der Waals surface area contributed by atoms with E-state index in [2.05, 4.69) is 74.1 Å². The zero-order valence-corrected chi connectivity index (χ0v) is 14.1. The van der Waals surface area contributed by atoms with Crippen molar-refractivity contribution in [2.24, 2.45) is 5.92 Å². The molecule has 0 amide bonds. The molecule has 1 aromatic rings. The third-order valence-corrected chi connectivity index (χ3v) is 4.91. The molecule has 1 heterocycles. The molecule has 0 bridgehead atoms. The van der Waals surface area contributed by atoms with Gasteiger partial charge in [-0.3, -0.25) is 0 Å². The molecule has 1 saturated heterocycles. The van der Waals surface area contributed by atoms with Gasteiger partial charge in [0, 0.05) is 28.1 Å². The number of benzene rings is 1. The molecule has 18 heavy (non-hydrogen) atoms. The van der Waals surface area contributed by atoms with Gasteiger partial charge in [-0.1, -0.05) is 19.9 Å². The van der Waals surface area contributed by atoms with Gasteiger partial charge < -0.3 is 10.2 Å². The highest BCUT2D eigenvalue weighted by Crippen LogP contribution is 2.36. The molecule has 1 aliphatic heterocycles. The highest BCUT2D eigenvalue weighted by Gasteiger charge is 2.27. The molecule has 0 aromatic heterocycles. The molecule has 1 fully saturated rings. The molecule has 0 aliphatic carbocycles. The number of halogens is 2. The normalized spacial score (nSPS) is 24.3. The number of hydrogen-bond donors (Lipinski definition) is 1. The van der Waals surface area contributed by atoms with E-state index in [0.717, 1.165) is 19.6 Å². The predicted octanol–water partition coefficient (Wildman–Crippen LogP) is 4.04. The van der Waals surface area contributed by atoms with Crippen molar-refractivity contribution in [2.45, 2.75) is 26.3 Å². The van der Waals surface area contributed by atoms with Crippen molar-refractivity contribution in [1.29, 1.82) is 0 Å². The fourth-order valence-corrected chi connectivity index (χ4v) is 4.21. The van der Waals surface area contributed by atoms with Crippen LogP contribution in [0.3, 0.4) is 0 Å². The van der Waals surface area contributed by atoms with Gasteiger partial charge in [0.1, 0.15) is 0 Å². The van der Waals surface area contributed by atoms with Gasteiger partial charge in [0.15, 0.2) is 0 Å². The van der Waals surface area contributed by atoms with Crippen LogP contribution >= 0.6 is 31.9 Å². The Labute approximate surface area is 126 Å². The van der Waals surface area contributed by atoms with Gasteiger partial charge in [0.05, 0.1) is 5.69 Å². The Morgan fingerprint density at radius 2 is 2.00 bits per heavy atom. The number of para-hydroxylation sites is 1. The lowest BCUT2D eigenvalue weighted by atomic mass is 9.93. The summed E-state index contributed by atoms with van der Waals surface area (Å²) in [7, 11) is 0. The zero-order valence-electron chi connectivity index (χ0n) is 10.9. The van der Waals surface area contributed by atoms with Gasteiger partial charge in [-0.2, -0.15) is 0 Å². The molecule has 2 unspecified atom stereocenters. The third kappa shape index (κ3) is 3.09. The Kier molecular flexibility index (Phi) is 5.10. The van der Waals surface area contributed by atoms with Crippen molar-refractivity contribution in [1.82, 2.24) is 5.32 Å². The van der Waals surface area contributed by atoms with Crippen LogP contribution in [0.4, 0.5) is 5.69 Å². The van der Waals surface area contributed by atoms with Crippen LogP contribution in [0.5, 0.6) is 0 Å². The standard InChI is InChI=1S/C14H20Br2N2/c1-3-17-13-7-8-18(9-10(13)2)14-11(15)5-4-6-12(14)16/h4-6,10,13,17H,3,7-9H2,1-2H3. The van der Waals surface area contributed by atoms with Gasteiger partial charge in [-0.05, 0) is 62.9 Å². The average Bonchev–Trinajstić information content (AvgIpc) is 2.32. The zero-order chi connectivity index (χ0) is 13.1. The quantitative estimate of drug-likeness (QED) is 0.857. The SMILES string of the molecule is CCNC1CCN(c2c(Br)cccc2Br)CC1C. The van der Waals surface area contributed by atoms with Crippen molar-refractivity contribution in [3.8, 4) is 0 Å². The maximum Gasteiger partial charge on any atom is 0.0655 e. The molecular formula is C14H20Br2N2. The van der Waals surface area contributed by atoms with Crippen molar-refractivity contribution in [3.63, 3.8) is 0 Å². The molecule has 0 radical (unpaired) electrons. The van der Waals surface area contributed by atoms with Crippen LogP contribution in [-0.2, 0) is 0 Å². The third-order valence-electron chi connectivity index (χ3n) is 3.63. The first-order valence-electron chi connectivity index (χ1n) is 6.55. The molecule has 2 rings (SSSR count). The molecule has 0 spiro atoms. The summed E-state index contributed by atoms with van der Waals surface area (Å²) >= 11 is 7.32. The maximum atomic E-state index is 3.66. The van der Waals surface area contributed by atoms with E-state index in [1.165, 1.54) is 21.1 Å². The molecule has 1 N–H and O–H groups in total. The van der Waals surface area contributed by atoms with Crippen LogP contribution in [0.1, 0.15) is 20.3 Å². The van der Waals surface area contributed by atoms with E-state index < -0.39 is 0 Å². The van der Waals surface area contributed by atoms with Gasteiger partial charge in [-0.15, -0.1) is 0 Å². The van der Waals surface area contributed by atoms with Crippen LogP contribution in [0.15, 0.2) is 27.1 Å². The van der Waals surface area contributed by atoms with Crippen LogP contribution < -0.4 is 10.2 Å². The van der Waals surface area contributed by atoms with E-state index in [4.69, 9.17) is 0 Å². The lowest BCUT2D eigenvalue weighted by molar-refractivity contribution is 0.326. The Morgan fingerprint density at radius 1 is 1.33 bits per heavy atom. The first-order chi connectivity index (χ1) is 8.63. The second-order valence-electron chi connectivity index (χ2n) is 4.95. The number of hydrogen-bond acceptors (Lipinski definition) is 2. The maximum absolute atomic E-state index is 3.66. The second kappa shape index (κ2) is 6.40. The summed E-state index contributed by atoms with van der Waals surface area (Å²) in [4.78, 5) is 2.48. The van der Waals surface area contributed by atoms with Crippen molar-refractivity contribution in [2.75, 3.05) is 24.5 Å². The van der Waals surface area contributed by atoms with Gasteiger partial charge in [0.25, 0.3) is 0 Å². The van der Waals surface area contributed by atoms with Crippen LogP contribution in [0.2, 0.25) is 0 Å². The highest BCUT2D eigenvalue weighted by atomic mass is 79.9. The summed E-state index contributed by atoms with van der Waals surface area (Å²) in [6, 6.07) is 6.95. The lowest BCUT2D eigenvalue weighted by Crippen LogP contribution is -2.48. The highest BCUT2D eigenvalue weighted by molar-refractivity contribution is 9.11. The fourth-order valence-electron chi connectivity index (χ4n) is 2.71. The topological polar surface area (TPSA) is 15.3 Å². The van der Waals surface area contributed by atoms with Gasteiger partial charge in [-0.25, -0.2) is 0 Å². The smallest absolute Gasteiger partial charge is 0.0655 e. The van der Waals surface area contributed by atoms with E-state index in [0.29, 0.717) is 12.0 Å². The number of nitrogens with one attached hydrogen (secondary N) is 1. The molecule has 100 valence electrons. The lowest BCUT2D eigenvalue weighted by Gasteiger charge is -2.39. The van der Waals surface area contributed by atoms with Gasteiger partial charge in [0.2, 0.25) is 0 Å². The minimum absolute atomic E-state index is 0.660. The van der Waals surface area contributed by atoms with Crippen LogP contribution in [0, 0.1) is 5.92 Å². The van der Waals surface area contributed by atoms with E-state index in [-0.39, 0.29) is 0 Å². The summed E-state index contributed by atoms with van der Waals surface area (Å²) in [6.07, 6.45) is 1.21. The Morgan fingerprint density at radius 3 is 2.56 bits per heavy atom. The van der Waals surface area contributed by atoms with E-state index in [1.54, 1.807) is 0 Å². The summed E-state index contributed by atoms with van der Waals surface area (Å²) in [5.74, 6) is 0.678. The molecule has 0 saturated carbocycles. The molecular weight excluding hydrogens is 356 g/mol. The Balaban J connectivity index is 2.13. The molecule has 2 nitrogen and oxygen atoms in total. The average molecular weight is 376 g/mol. The largest absolute Gasteiger partial charge is 0.369 e. The summed E-state index contributed by atoms with van der Waals surface area (Å²) in [5, 5.41) is 3.59. The van der Waals surface area contributed by atoms with Crippen molar-refractivity contribution >= 4 is 37.5 Å². The predicted molar refractivity (Wildman–Crippen MR) is 85.3 cm³/mol. The number of anilines is 1. The van der Waals surface area contributed by atoms with Crippen LogP contribution in [-0.4, -0.2) is 25.7 Å². The molecule has 1 aliphatic rings. The first-order valence-corrected chi connectivity index (χ1v) is 8.14. The molecule has 4 heteroatoms. The minimum atomic E-state index is 0.660. The molecule has 2 atom stereocenters. The minimum Gasteiger partial charge on any atom is -0.369 e. The van der Waals surface area contributed by atoms with Crippen molar-refractivity contribution < 1.29 is 0 Å². The summed E-state index contributed by atoms with van der Waals surface area (Å²) in [6.45, 7) is 7.81. The molecule has 1 aromatic carbocycles. The summed E-state index contributed by atoms with van der Waals surface area (Å²) in [5.41, 5.74) is 1.29. The summed E-state index contributed by atoms with van der Waals surface area (Å²) < 4.78 is 2.34. The van der Waals surface area contributed by atoms with Crippen molar-refractivity contribution in [3.05, 3.63) is 27.1 Å². The van der Waals surface area contributed by atoms with E-state index in [1.807, 2.05) is 0 Å². The fraction of sp³-hybridized carbons (Fsp3) is 0.571. The monoisotopic (exact) mass is 374 g/mol. The number of rotatable bonds is 3. The first kappa shape index (κ1) is 14.4. The van der Waals surface area contributed by atoms with Gasteiger partial charge >= 0.3 is 0 Å². The van der Waals surface area contributed by atoms with Crippen LogP contribution in [0.25, 0.3) is 0 Å². The Bertz CT molecular complexity index is 389.